The van der Waals surface area contributed by atoms with Crippen molar-refractivity contribution >= 4 is 10.1 Å². The van der Waals surface area contributed by atoms with Crippen molar-refractivity contribution in [1.29, 1.82) is 0 Å². The summed E-state index contributed by atoms with van der Waals surface area (Å²) in [6.07, 6.45) is 0.430. The summed E-state index contributed by atoms with van der Waals surface area (Å²) in [5.74, 6) is 0.890. The number of hydrogen-bond acceptors (Lipinski definition) is 4. The maximum atomic E-state index is 11.9. The van der Waals surface area contributed by atoms with Gasteiger partial charge in [-0.05, 0) is 36.2 Å². The van der Waals surface area contributed by atoms with Gasteiger partial charge in [0.1, 0.15) is 11.5 Å². The smallest absolute Gasteiger partial charge is 0.309 e. The first kappa shape index (κ1) is 14.4. The van der Waals surface area contributed by atoms with Gasteiger partial charge in [-0.1, -0.05) is 30.3 Å². The lowest BCUT2D eigenvalue weighted by molar-refractivity contribution is 0.413. The fourth-order valence-electron chi connectivity index (χ4n) is 1.71. The average molecular weight is 292 g/mol. The summed E-state index contributed by atoms with van der Waals surface area (Å²) in [7, 11) is -2.05. The van der Waals surface area contributed by atoms with Gasteiger partial charge in [0, 0.05) is 0 Å². The molecule has 0 unspecified atom stereocenters. The average Bonchev–Trinajstić information content (AvgIpc) is 2.47. The highest BCUT2D eigenvalue weighted by Gasteiger charge is 2.13. The van der Waals surface area contributed by atoms with E-state index in [0.717, 1.165) is 5.56 Å². The zero-order valence-electron chi connectivity index (χ0n) is 11.2. The Labute approximate surface area is 119 Å². The molecule has 0 fully saturated rings. The van der Waals surface area contributed by atoms with Crippen LogP contribution in [0.15, 0.2) is 54.6 Å². The van der Waals surface area contributed by atoms with E-state index in [4.69, 9.17) is 8.92 Å². The quantitative estimate of drug-likeness (QED) is 0.768. The summed E-state index contributed by atoms with van der Waals surface area (Å²) in [6.45, 7) is 0. The molecule has 0 bridgehead atoms. The van der Waals surface area contributed by atoms with Crippen molar-refractivity contribution in [1.82, 2.24) is 0 Å². The van der Waals surface area contributed by atoms with Crippen molar-refractivity contribution in [3.63, 3.8) is 0 Å². The van der Waals surface area contributed by atoms with E-state index in [-0.39, 0.29) is 5.75 Å². The summed E-state index contributed by atoms with van der Waals surface area (Å²) >= 11 is 0. The number of rotatable bonds is 6. The van der Waals surface area contributed by atoms with Crippen LogP contribution in [0.3, 0.4) is 0 Å². The van der Waals surface area contributed by atoms with Gasteiger partial charge in [0.15, 0.2) is 0 Å². The number of aryl methyl sites for hydroxylation is 1. The fraction of sp³-hybridized carbons (Fsp3) is 0.200. The highest BCUT2D eigenvalue weighted by molar-refractivity contribution is 7.87. The Morgan fingerprint density at radius 2 is 1.50 bits per heavy atom. The Hall–Kier alpha value is -2.01. The van der Waals surface area contributed by atoms with Gasteiger partial charge in [-0.3, -0.25) is 0 Å². The summed E-state index contributed by atoms with van der Waals surface area (Å²) in [5, 5.41) is 0. The van der Waals surface area contributed by atoms with Gasteiger partial charge in [-0.15, -0.1) is 0 Å². The predicted molar refractivity (Wildman–Crippen MR) is 77.6 cm³/mol. The molecule has 0 heterocycles. The van der Waals surface area contributed by atoms with Crippen molar-refractivity contribution in [2.75, 3.05) is 12.9 Å². The Balaban J connectivity index is 1.96. The van der Waals surface area contributed by atoms with Crippen LogP contribution < -0.4 is 8.92 Å². The SMILES string of the molecule is COc1ccc(OS(=O)(=O)CCc2ccccc2)cc1. The van der Waals surface area contributed by atoms with Gasteiger partial charge in [0.05, 0.1) is 12.9 Å². The van der Waals surface area contributed by atoms with Crippen LogP contribution in [0.1, 0.15) is 5.56 Å². The first-order valence-electron chi connectivity index (χ1n) is 6.19. The third-order valence-corrected chi connectivity index (χ3v) is 3.92. The van der Waals surface area contributed by atoms with Gasteiger partial charge < -0.3 is 8.92 Å². The molecular weight excluding hydrogens is 276 g/mol. The molecule has 2 aromatic rings. The second-order valence-electron chi connectivity index (χ2n) is 4.26. The highest BCUT2D eigenvalue weighted by atomic mass is 32.2. The Morgan fingerprint density at radius 1 is 0.900 bits per heavy atom. The summed E-state index contributed by atoms with van der Waals surface area (Å²) < 4.78 is 33.8. The Kier molecular flexibility index (Phi) is 4.63. The molecule has 0 atom stereocenters. The van der Waals surface area contributed by atoms with Gasteiger partial charge in [-0.25, -0.2) is 0 Å². The fourth-order valence-corrected chi connectivity index (χ4v) is 2.68. The van der Waals surface area contributed by atoms with E-state index in [0.29, 0.717) is 17.9 Å². The molecule has 4 nitrogen and oxygen atoms in total. The number of methoxy groups -OCH3 is 1. The van der Waals surface area contributed by atoms with Crippen LogP contribution >= 0.6 is 0 Å². The third kappa shape index (κ3) is 4.28. The lowest BCUT2D eigenvalue weighted by atomic mass is 10.2. The zero-order valence-corrected chi connectivity index (χ0v) is 12.0. The lowest BCUT2D eigenvalue weighted by Crippen LogP contribution is -2.15. The van der Waals surface area contributed by atoms with Gasteiger partial charge in [-0.2, -0.15) is 8.42 Å². The topological polar surface area (TPSA) is 52.6 Å². The first-order valence-corrected chi connectivity index (χ1v) is 7.77. The van der Waals surface area contributed by atoms with Crippen LogP contribution in [0.25, 0.3) is 0 Å². The molecule has 2 aromatic carbocycles. The maximum absolute atomic E-state index is 11.9. The Bertz CT molecular complexity index is 633. The standard InChI is InChI=1S/C15H16O4S/c1-18-14-7-9-15(10-8-14)19-20(16,17)12-11-13-5-3-2-4-6-13/h2-10H,11-12H2,1H3. The van der Waals surface area contributed by atoms with Gasteiger partial charge >= 0.3 is 10.1 Å². The molecule has 0 radical (unpaired) electrons. The van der Waals surface area contributed by atoms with Crippen molar-refractivity contribution in [2.45, 2.75) is 6.42 Å². The molecule has 0 spiro atoms. The second kappa shape index (κ2) is 6.43. The molecule has 106 valence electrons. The van der Waals surface area contributed by atoms with E-state index >= 15 is 0 Å². The molecule has 0 aliphatic carbocycles. The molecule has 5 heteroatoms. The van der Waals surface area contributed by atoms with Crippen LogP contribution in [-0.4, -0.2) is 21.3 Å². The second-order valence-corrected chi connectivity index (χ2v) is 5.95. The predicted octanol–water partition coefficient (Wildman–Crippen LogP) is 2.65. The van der Waals surface area contributed by atoms with E-state index in [1.807, 2.05) is 30.3 Å². The molecule has 0 aromatic heterocycles. The molecule has 0 aliphatic rings. The first-order chi connectivity index (χ1) is 9.59. The van der Waals surface area contributed by atoms with Crippen molar-refractivity contribution < 1.29 is 17.3 Å². The molecule has 20 heavy (non-hydrogen) atoms. The zero-order chi connectivity index (χ0) is 14.4. The molecular formula is C15H16O4S. The lowest BCUT2D eigenvalue weighted by Gasteiger charge is -2.07. The minimum Gasteiger partial charge on any atom is -0.497 e. The number of ether oxygens (including phenoxy) is 1. The number of hydrogen-bond donors (Lipinski definition) is 0. The molecule has 0 amide bonds. The van der Waals surface area contributed by atoms with Crippen molar-refractivity contribution in [2.24, 2.45) is 0 Å². The van der Waals surface area contributed by atoms with E-state index in [1.165, 1.54) is 0 Å². The molecule has 0 aliphatic heterocycles. The molecule has 2 rings (SSSR count). The van der Waals surface area contributed by atoms with Crippen molar-refractivity contribution in [3.05, 3.63) is 60.2 Å². The van der Waals surface area contributed by atoms with Crippen molar-refractivity contribution in [3.8, 4) is 11.5 Å². The summed E-state index contributed by atoms with van der Waals surface area (Å²) in [5.41, 5.74) is 0.967. The van der Waals surface area contributed by atoms with E-state index < -0.39 is 10.1 Å². The molecule has 0 saturated heterocycles. The molecule has 0 saturated carbocycles. The Morgan fingerprint density at radius 3 is 2.10 bits per heavy atom. The van der Waals surface area contributed by atoms with E-state index in [9.17, 15) is 8.42 Å². The van der Waals surface area contributed by atoms with E-state index in [2.05, 4.69) is 0 Å². The van der Waals surface area contributed by atoms with Crippen LogP contribution in [0.4, 0.5) is 0 Å². The normalized spacial score (nSPS) is 11.1. The van der Waals surface area contributed by atoms with Crippen LogP contribution in [-0.2, 0) is 16.5 Å². The maximum Gasteiger partial charge on any atom is 0.309 e. The third-order valence-electron chi connectivity index (χ3n) is 2.77. The monoisotopic (exact) mass is 292 g/mol. The minimum absolute atomic E-state index is 0.0525. The number of benzene rings is 2. The van der Waals surface area contributed by atoms with E-state index in [1.54, 1.807) is 31.4 Å². The largest absolute Gasteiger partial charge is 0.497 e. The molecule has 0 N–H and O–H groups in total. The minimum atomic E-state index is -3.59. The van der Waals surface area contributed by atoms with Gasteiger partial charge in [0.2, 0.25) is 0 Å². The van der Waals surface area contributed by atoms with Crippen LogP contribution in [0, 0.1) is 0 Å². The highest BCUT2D eigenvalue weighted by Crippen LogP contribution is 2.19. The summed E-state index contributed by atoms with van der Waals surface area (Å²) in [4.78, 5) is 0. The summed E-state index contributed by atoms with van der Waals surface area (Å²) in [6, 6.07) is 15.9. The van der Waals surface area contributed by atoms with Gasteiger partial charge in [0.25, 0.3) is 0 Å². The van der Waals surface area contributed by atoms with Crippen LogP contribution in [0.2, 0.25) is 0 Å². The van der Waals surface area contributed by atoms with Crippen LogP contribution in [0.5, 0.6) is 11.5 Å².